The maximum atomic E-state index is 12.2. The average molecular weight is 336 g/mol. The van der Waals surface area contributed by atoms with Gasteiger partial charge in [-0.3, -0.25) is 4.79 Å². The van der Waals surface area contributed by atoms with Crippen molar-refractivity contribution in [1.82, 2.24) is 19.8 Å². The molecule has 1 saturated heterocycles. The molecule has 2 aromatic heterocycles. The summed E-state index contributed by atoms with van der Waals surface area (Å²) in [5.41, 5.74) is 0. The summed E-state index contributed by atoms with van der Waals surface area (Å²) in [6, 6.07) is 2.13. The summed E-state index contributed by atoms with van der Waals surface area (Å²) in [6.45, 7) is 5.72. The molecule has 3 rings (SSSR count). The van der Waals surface area contributed by atoms with Crippen molar-refractivity contribution in [3.8, 4) is 0 Å². The molecule has 0 aliphatic carbocycles. The van der Waals surface area contributed by atoms with E-state index in [4.69, 9.17) is 0 Å². The maximum Gasteiger partial charge on any atom is 0.223 e. The van der Waals surface area contributed by atoms with Crippen LogP contribution in [0.25, 0.3) is 10.2 Å². The molecule has 22 heavy (non-hydrogen) atoms. The highest BCUT2D eigenvalue weighted by Gasteiger charge is 2.18. The lowest BCUT2D eigenvalue weighted by Crippen LogP contribution is -2.47. The SMILES string of the molecule is Cc1cc2c(SCCC(=O)N3CCN(C)CC3)ncnc2s1. The number of aromatic nitrogens is 2. The lowest BCUT2D eigenvalue weighted by atomic mass is 10.3. The average Bonchev–Trinajstić information content (AvgIpc) is 2.89. The van der Waals surface area contributed by atoms with Gasteiger partial charge in [0.2, 0.25) is 5.91 Å². The van der Waals surface area contributed by atoms with E-state index < -0.39 is 0 Å². The van der Waals surface area contributed by atoms with Crippen LogP contribution in [-0.4, -0.2) is 64.7 Å². The van der Waals surface area contributed by atoms with Gasteiger partial charge in [-0.15, -0.1) is 23.1 Å². The summed E-state index contributed by atoms with van der Waals surface area (Å²) in [5.74, 6) is 1.03. The summed E-state index contributed by atoms with van der Waals surface area (Å²) in [6.07, 6.45) is 2.19. The van der Waals surface area contributed by atoms with Crippen molar-refractivity contribution >= 4 is 39.2 Å². The number of likely N-dealkylation sites (N-methyl/N-ethyl adjacent to an activating group) is 1. The lowest BCUT2D eigenvalue weighted by Gasteiger charge is -2.32. The highest BCUT2D eigenvalue weighted by molar-refractivity contribution is 7.99. The minimum Gasteiger partial charge on any atom is -0.340 e. The molecule has 1 aliphatic heterocycles. The first-order valence-corrected chi connectivity index (χ1v) is 9.24. The number of carbonyl (C=O) groups is 1. The standard InChI is InChI=1S/C15H20N4OS2/c1-11-9-12-14(16-10-17-15(12)22-11)21-8-3-13(20)19-6-4-18(2)5-7-19/h9-10H,3-8H2,1-2H3. The summed E-state index contributed by atoms with van der Waals surface area (Å²) in [4.78, 5) is 27.4. The number of thioether (sulfide) groups is 1. The molecule has 0 unspecified atom stereocenters. The Bertz CT molecular complexity index is 665. The van der Waals surface area contributed by atoms with Gasteiger partial charge in [0.1, 0.15) is 16.2 Å². The third-order valence-corrected chi connectivity index (χ3v) is 5.79. The lowest BCUT2D eigenvalue weighted by molar-refractivity contribution is -0.132. The first-order valence-electron chi connectivity index (χ1n) is 7.44. The second-order valence-electron chi connectivity index (χ2n) is 5.54. The van der Waals surface area contributed by atoms with Crippen molar-refractivity contribution in [3.63, 3.8) is 0 Å². The Morgan fingerprint density at radius 3 is 2.86 bits per heavy atom. The number of rotatable bonds is 4. The molecule has 7 heteroatoms. The van der Waals surface area contributed by atoms with Crippen molar-refractivity contribution in [1.29, 1.82) is 0 Å². The zero-order chi connectivity index (χ0) is 15.5. The molecular formula is C15H20N4OS2. The predicted molar refractivity (Wildman–Crippen MR) is 91.6 cm³/mol. The molecule has 1 aliphatic rings. The number of hydrogen-bond acceptors (Lipinski definition) is 6. The van der Waals surface area contributed by atoms with E-state index in [1.54, 1.807) is 29.4 Å². The molecule has 0 spiro atoms. The number of hydrogen-bond donors (Lipinski definition) is 0. The third-order valence-electron chi connectivity index (χ3n) is 3.83. The fraction of sp³-hybridized carbons (Fsp3) is 0.533. The van der Waals surface area contributed by atoms with Crippen LogP contribution in [-0.2, 0) is 4.79 Å². The van der Waals surface area contributed by atoms with E-state index in [1.807, 2.05) is 4.90 Å². The number of piperazine rings is 1. The summed E-state index contributed by atoms with van der Waals surface area (Å²) >= 11 is 3.34. The van der Waals surface area contributed by atoms with Gasteiger partial charge in [-0.05, 0) is 20.0 Å². The van der Waals surface area contributed by atoms with Gasteiger partial charge in [0, 0.05) is 48.6 Å². The minimum absolute atomic E-state index is 0.257. The van der Waals surface area contributed by atoms with Crippen molar-refractivity contribution in [2.24, 2.45) is 0 Å². The van der Waals surface area contributed by atoms with Crippen LogP contribution in [0.1, 0.15) is 11.3 Å². The molecule has 1 amide bonds. The van der Waals surface area contributed by atoms with Crippen LogP contribution in [0, 0.1) is 6.92 Å². The highest BCUT2D eigenvalue weighted by Crippen LogP contribution is 2.30. The van der Waals surface area contributed by atoms with E-state index in [-0.39, 0.29) is 5.91 Å². The van der Waals surface area contributed by atoms with Crippen molar-refractivity contribution in [2.75, 3.05) is 39.0 Å². The van der Waals surface area contributed by atoms with Crippen molar-refractivity contribution in [3.05, 3.63) is 17.3 Å². The molecule has 2 aromatic rings. The smallest absolute Gasteiger partial charge is 0.223 e. The summed E-state index contributed by atoms with van der Waals surface area (Å²) in [5, 5.41) is 2.10. The van der Waals surface area contributed by atoms with E-state index in [1.165, 1.54) is 4.88 Å². The minimum atomic E-state index is 0.257. The Morgan fingerprint density at radius 1 is 1.32 bits per heavy atom. The Kier molecular flexibility index (Phi) is 4.95. The fourth-order valence-corrected chi connectivity index (χ4v) is 4.33. The summed E-state index contributed by atoms with van der Waals surface area (Å²) in [7, 11) is 2.10. The maximum absolute atomic E-state index is 12.2. The Morgan fingerprint density at radius 2 is 2.09 bits per heavy atom. The summed E-state index contributed by atoms with van der Waals surface area (Å²) < 4.78 is 0. The quantitative estimate of drug-likeness (QED) is 0.633. The number of amides is 1. The number of carbonyl (C=O) groups excluding carboxylic acids is 1. The van der Waals surface area contributed by atoms with Crippen LogP contribution in [0.4, 0.5) is 0 Å². The van der Waals surface area contributed by atoms with Gasteiger partial charge in [0.15, 0.2) is 0 Å². The number of thiophene rings is 1. The molecule has 5 nitrogen and oxygen atoms in total. The molecule has 0 radical (unpaired) electrons. The van der Waals surface area contributed by atoms with Crippen LogP contribution in [0.3, 0.4) is 0 Å². The van der Waals surface area contributed by atoms with E-state index in [0.29, 0.717) is 6.42 Å². The van der Waals surface area contributed by atoms with Crippen LogP contribution in [0.2, 0.25) is 0 Å². The van der Waals surface area contributed by atoms with Gasteiger partial charge in [0.25, 0.3) is 0 Å². The zero-order valence-electron chi connectivity index (χ0n) is 12.9. The van der Waals surface area contributed by atoms with E-state index in [0.717, 1.165) is 47.2 Å². The Hall–Kier alpha value is -1.18. The molecule has 0 aromatic carbocycles. The van der Waals surface area contributed by atoms with E-state index in [2.05, 4.69) is 34.9 Å². The normalized spacial score (nSPS) is 16.4. The first-order chi connectivity index (χ1) is 10.6. The highest BCUT2D eigenvalue weighted by atomic mass is 32.2. The molecule has 1 fully saturated rings. The second-order valence-corrected chi connectivity index (χ2v) is 7.86. The van der Waals surface area contributed by atoms with Crippen LogP contribution in [0.5, 0.6) is 0 Å². The zero-order valence-corrected chi connectivity index (χ0v) is 14.5. The number of aryl methyl sites for hydroxylation is 1. The molecular weight excluding hydrogens is 316 g/mol. The second kappa shape index (κ2) is 6.93. The van der Waals surface area contributed by atoms with Gasteiger partial charge in [-0.25, -0.2) is 9.97 Å². The number of fused-ring (bicyclic) bond motifs is 1. The molecule has 118 valence electrons. The molecule has 0 N–H and O–H groups in total. The Balaban J connectivity index is 1.55. The Labute approximate surface area is 138 Å². The fourth-order valence-electron chi connectivity index (χ4n) is 2.52. The van der Waals surface area contributed by atoms with Gasteiger partial charge < -0.3 is 9.80 Å². The van der Waals surface area contributed by atoms with Crippen molar-refractivity contribution in [2.45, 2.75) is 18.4 Å². The molecule has 0 saturated carbocycles. The topological polar surface area (TPSA) is 49.3 Å². The molecule has 0 bridgehead atoms. The van der Waals surface area contributed by atoms with E-state index >= 15 is 0 Å². The van der Waals surface area contributed by atoms with Gasteiger partial charge in [0.05, 0.1) is 0 Å². The van der Waals surface area contributed by atoms with Gasteiger partial charge in [-0.1, -0.05) is 0 Å². The molecule has 3 heterocycles. The molecule has 0 atom stereocenters. The first kappa shape index (κ1) is 15.7. The van der Waals surface area contributed by atoms with Crippen molar-refractivity contribution < 1.29 is 4.79 Å². The number of nitrogens with zero attached hydrogens (tertiary/aromatic N) is 4. The van der Waals surface area contributed by atoms with Crippen LogP contribution < -0.4 is 0 Å². The predicted octanol–water partition coefficient (Wildman–Crippen LogP) is 2.26. The van der Waals surface area contributed by atoms with E-state index in [9.17, 15) is 4.79 Å². The largest absolute Gasteiger partial charge is 0.340 e. The van der Waals surface area contributed by atoms with Crippen LogP contribution >= 0.6 is 23.1 Å². The third kappa shape index (κ3) is 3.59. The van der Waals surface area contributed by atoms with Crippen LogP contribution in [0.15, 0.2) is 17.4 Å². The van der Waals surface area contributed by atoms with Gasteiger partial charge >= 0.3 is 0 Å². The van der Waals surface area contributed by atoms with Gasteiger partial charge in [-0.2, -0.15) is 0 Å². The monoisotopic (exact) mass is 336 g/mol.